The molecule has 1 fully saturated rings. The smallest absolute Gasteiger partial charge is 0.237 e. The molecule has 0 aliphatic carbocycles. The molecule has 9 nitrogen and oxygen atoms in total. The van der Waals surface area contributed by atoms with Gasteiger partial charge in [-0.2, -0.15) is 5.10 Å². The van der Waals surface area contributed by atoms with Crippen LogP contribution >= 0.6 is 0 Å². The van der Waals surface area contributed by atoms with Crippen molar-refractivity contribution in [2.75, 3.05) is 26.7 Å². The van der Waals surface area contributed by atoms with E-state index in [9.17, 15) is 4.79 Å². The minimum atomic E-state index is -0.164. The molecule has 1 aliphatic heterocycles. The van der Waals surface area contributed by atoms with Gasteiger partial charge >= 0.3 is 0 Å². The van der Waals surface area contributed by atoms with Gasteiger partial charge in [0.05, 0.1) is 38.3 Å². The lowest BCUT2D eigenvalue weighted by atomic mass is 10.2. The Morgan fingerprint density at radius 3 is 2.72 bits per heavy atom. The second-order valence-electron chi connectivity index (χ2n) is 9.10. The number of carbonyl (C=O) groups is 1. The van der Waals surface area contributed by atoms with Crippen LogP contribution < -0.4 is 4.74 Å². The third-order valence-corrected chi connectivity index (χ3v) is 6.28. The van der Waals surface area contributed by atoms with Crippen molar-refractivity contribution < 1.29 is 14.3 Å². The lowest BCUT2D eigenvalue weighted by Gasteiger charge is -2.24. The second-order valence-corrected chi connectivity index (χ2v) is 9.10. The topological polar surface area (TPSA) is 85.6 Å². The summed E-state index contributed by atoms with van der Waals surface area (Å²) in [6.45, 7) is 2.88. The zero-order valence-corrected chi connectivity index (χ0v) is 20.6. The number of fused-ring (bicyclic) bond motifs is 1. The lowest BCUT2D eigenvalue weighted by molar-refractivity contribution is -0.132. The van der Waals surface area contributed by atoms with Crippen molar-refractivity contribution in [2.45, 2.75) is 25.8 Å². The van der Waals surface area contributed by atoms with Crippen LogP contribution in [0.1, 0.15) is 16.8 Å². The Balaban J connectivity index is 1.35. The van der Waals surface area contributed by atoms with Crippen LogP contribution in [0.3, 0.4) is 0 Å². The number of aromatic nitrogens is 4. The van der Waals surface area contributed by atoms with Crippen LogP contribution in [0.2, 0.25) is 0 Å². The molecule has 36 heavy (non-hydrogen) atoms. The molecular formula is C27H30N6O3. The lowest BCUT2D eigenvalue weighted by Crippen LogP contribution is -2.37. The summed E-state index contributed by atoms with van der Waals surface area (Å²) in [5.41, 5.74) is 3.70. The summed E-state index contributed by atoms with van der Waals surface area (Å²) in [6.07, 6.45) is 7.13. The number of benzene rings is 1. The van der Waals surface area contributed by atoms with Crippen LogP contribution in [0.15, 0.2) is 67.3 Å². The fourth-order valence-corrected chi connectivity index (χ4v) is 4.54. The van der Waals surface area contributed by atoms with Crippen molar-refractivity contribution in [3.8, 4) is 5.75 Å². The number of hydrogen-bond donors (Lipinski definition) is 0. The van der Waals surface area contributed by atoms with E-state index in [4.69, 9.17) is 14.5 Å². The minimum Gasteiger partial charge on any atom is -0.494 e. The van der Waals surface area contributed by atoms with Crippen LogP contribution in [0.25, 0.3) is 10.9 Å². The summed E-state index contributed by atoms with van der Waals surface area (Å²) < 4.78 is 13.6. The summed E-state index contributed by atoms with van der Waals surface area (Å²) in [5.74, 6) is 0.798. The van der Waals surface area contributed by atoms with Gasteiger partial charge in [-0.25, -0.2) is 4.98 Å². The Hall–Kier alpha value is -3.82. The Bertz CT molecular complexity index is 1330. The molecule has 186 valence electrons. The first-order chi connectivity index (χ1) is 17.6. The first-order valence-electron chi connectivity index (χ1n) is 12.0. The molecule has 9 heteroatoms. The van der Waals surface area contributed by atoms with E-state index in [0.29, 0.717) is 39.3 Å². The van der Waals surface area contributed by atoms with Crippen molar-refractivity contribution >= 4 is 16.8 Å². The zero-order chi connectivity index (χ0) is 24.9. The van der Waals surface area contributed by atoms with Gasteiger partial charge in [-0.15, -0.1) is 0 Å². The molecule has 0 saturated carbocycles. The average molecular weight is 487 g/mol. The molecule has 3 aromatic heterocycles. The zero-order valence-electron chi connectivity index (χ0n) is 20.6. The van der Waals surface area contributed by atoms with E-state index in [-0.39, 0.29) is 12.0 Å². The van der Waals surface area contributed by atoms with Crippen LogP contribution in [0.5, 0.6) is 5.75 Å². The molecule has 0 radical (unpaired) electrons. The minimum absolute atomic E-state index is 0.0599. The third-order valence-electron chi connectivity index (χ3n) is 6.28. The van der Waals surface area contributed by atoms with E-state index in [1.807, 2.05) is 60.6 Å². The molecule has 4 heterocycles. The van der Waals surface area contributed by atoms with Crippen LogP contribution in [0.4, 0.5) is 0 Å². The van der Waals surface area contributed by atoms with Crippen molar-refractivity contribution in [3.05, 3.63) is 84.1 Å². The largest absolute Gasteiger partial charge is 0.494 e. The maximum atomic E-state index is 13.3. The summed E-state index contributed by atoms with van der Waals surface area (Å²) in [4.78, 5) is 26.3. The third kappa shape index (κ3) is 5.69. The number of nitrogens with zero attached hydrogens (tertiary/aromatic N) is 6. The molecule has 5 rings (SSSR count). The van der Waals surface area contributed by atoms with Gasteiger partial charge in [0.2, 0.25) is 5.91 Å². The molecule has 0 N–H and O–H groups in total. The quantitative estimate of drug-likeness (QED) is 0.379. The molecule has 1 atom stereocenters. The van der Waals surface area contributed by atoms with Gasteiger partial charge < -0.3 is 14.4 Å². The molecule has 0 spiro atoms. The highest BCUT2D eigenvalue weighted by molar-refractivity contribution is 5.84. The number of rotatable bonds is 8. The molecule has 1 aliphatic rings. The highest BCUT2D eigenvalue weighted by Gasteiger charge is 2.29. The van der Waals surface area contributed by atoms with E-state index in [1.165, 1.54) is 0 Å². The van der Waals surface area contributed by atoms with Gasteiger partial charge in [-0.3, -0.25) is 19.4 Å². The number of aryl methyl sites for hydroxylation is 1. The van der Waals surface area contributed by atoms with E-state index in [1.54, 1.807) is 30.4 Å². The van der Waals surface area contributed by atoms with Crippen molar-refractivity contribution in [3.63, 3.8) is 0 Å². The van der Waals surface area contributed by atoms with Crippen LogP contribution in [-0.4, -0.2) is 68.3 Å². The maximum absolute atomic E-state index is 13.3. The summed E-state index contributed by atoms with van der Waals surface area (Å²) in [6, 6.07) is 13.8. The number of pyridine rings is 2. The van der Waals surface area contributed by atoms with E-state index < -0.39 is 0 Å². The second kappa shape index (κ2) is 10.8. The van der Waals surface area contributed by atoms with Gasteiger partial charge in [0, 0.05) is 62.8 Å². The van der Waals surface area contributed by atoms with Crippen molar-refractivity contribution in [1.82, 2.24) is 29.5 Å². The SMILES string of the molecule is COc1cccc2ccc(CN3CC(=O)N(Cc4cnn(C)c4)C[C@H](OCc4cccnc4)C3)nc12. The first kappa shape index (κ1) is 23.9. The molecule has 0 unspecified atom stereocenters. The van der Waals surface area contributed by atoms with Crippen LogP contribution in [0, 0.1) is 0 Å². The summed E-state index contributed by atoms with van der Waals surface area (Å²) >= 11 is 0. The maximum Gasteiger partial charge on any atom is 0.237 e. The van der Waals surface area contributed by atoms with E-state index in [0.717, 1.165) is 33.5 Å². The molecule has 1 aromatic carbocycles. The fraction of sp³-hybridized carbons (Fsp3) is 0.333. The number of amides is 1. The van der Waals surface area contributed by atoms with Gasteiger partial charge in [0.1, 0.15) is 11.3 Å². The Labute approximate surface area is 210 Å². The summed E-state index contributed by atoms with van der Waals surface area (Å²) in [7, 11) is 3.53. The Morgan fingerprint density at radius 1 is 1.03 bits per heavy atom. The molecule has 0 bridgehead atoms. The highest BCUT2D eigenvalue weighted by Crippen LogP contribution is 2.24. The Kier molecular flexibility index (Phi) is 7.20. The highest BCUT2D eigenvalue weighted by atomic mass is 16.5. The van der Waals surface area contributed by atoms with Gasteiger partial charge in [-0.1, -0.05) is 24.3 Å². The normalized spacial score (nSPS) is 16.9. The molecular weight excluding hydrogens is 456 g/mol. The van der Waals surface area contributed by atoms with Crippen LogP contribution in [-0.2, 0) is 36.3 Å². The predicted molar refractivity (Wildman–Crippen MR) is 135 cm³/mol. The molecule has 1 saturated heterocycles. The van der Waals surface area contributed by atoms with Crippen molar-refractivity contribution in [2.24, 2.45) is 7.05 Å². The fourth-order valence-electron chi connectivity index (χ4n) is 4.54. The standard InChI is InChI=1S/C27H30N6O3/c1-31-13-21(12-29-31)14-33-17-24(36-19-20-5-4-10-28-11-20)16-32(18-26(33)34)15-23-9-8-22-6-3-7-25(35-2)27(22)30-23/h3-13,24H,14-19H2,1-2H3/t24-/m1/s1. The van der Waals surface area contributed by atoms with Crippen molar-refractivity contribution in [1.29, 1.82) is 0 Å². The van der Waals surface area contributed by atoms with Gasteiger partial charge in [0.15, 0.2) is 0 Å². The predicted octanol–water partition coefficient (Wildman–Crippen LogP) is 2.80. The Morgan fingerprint density at radius 2 is 1.94 bits per heavy atom. The number of carbonyl (C=O) groups excluding carboxylic acids is 1. The number of methoxy groups -OCH3 is 1. The first-order valence-corrected chi connectivity index (χ1v) is 12.0. The van der Waals surface area contributed by atoms with Gasteiger partial charge in [-0.05, 0) is 23.8 Å². The monoisotopic (exact) mass is 486 g/mol. The molecule has 1 amide bonds. The number of hydrogen-bond acceptors (Lipinski definition) is 7. The average Bonchev–Trinajstić information content (AvgIpc) is 3.24. The number of ether oxygens (including phenoxy) is 2. The van der Waals surface area contributed by atoms with Gasteiger partial charge in [0.25, 0.3) is 0 Å². The molecule has 4 aromatic rings. The summed E-state index contributed by atoms with van der Waals surface area (Å²) in [5, 5.41) is 5.27. The number of para-hydroxylation sites is 1. The van der Waals surface area contributed by atoms with E-state index in [2.05, 4.69) is 15.0 Å². The van der Waals surface area contributed by atoms with E-state index >= 15 is 0 Å².